The molecule has 3 heterocycles. The molecule has 29 heavy (non-hydrogen) atoms. The number of sulfonamides is 1. The summed E-state index contributed by atoms with van der Waals surface area (Å²) >= 11 is 0. The Bertz CT molecular complexity index is 991. The summed E-state index contributed by atoms with van der Waals surface area (Å²) in [5.41, 5.74) is 2.50. The lowest BCUT2D eigenvalue weighted by molar-refractivity contribution is -0.0117. The molecule has 1 atom stereocenters. The fraction of sp³-hybridized carbons (Fsp3) is 0.619. The van der Waals surface area contributed by atoms with Gasteiger partial charge in [0.05, 0.1) is 12.2 Å². The smallest absolute Gasteiger partial charge is 0.231 e. The molecule has 5 rings (SSSR count). The van der Waals surface area contributed by atoms with Crippen molar-refractivity contribution >= 4 is 10.0 Å². The number of hydrogen-bond donors (Lipinski definition) is 0. The van der Waals surface area contributed by atoms with Gasteiger partial charge in [-0.2, -0.15) is 4.98 Å². The molecule has 2 aliphatic heterocycles. The van der Waals surface area contributed by atoms with Crippen LogP contribution in [0.15, 0.2) is 28.8 Å². The van der Waals surface area contributed by atoms with Gasteiger partial charge in [0, 0.05) is 44.1 Å². The molecule has 7 nitrogen and oxygen atoms in total. The minimum atomic E-state index is -3.25. The number of rotatable bonds is 6. The third-order valence-electron chi connectivity index (χ3n) is 6.70. The molecule has 156 valence electrons. The number of hydrogen-bond acceptors (Lipinski definition) is 6. The molecule has 3 fully saturated rings. The molecule has 8 heteroatoms. The molecule has 2 saturated heterocycles. The van der Waals surface area contributed by atoms with Crippen LogP contribution in [0.2, 0.25) is 0 Å². The predicted molar refractivity (Wildman–Crippen MR) is 109 cm³/mol. The Kier molecular flexibility index (Phi) is 4.56. The molecule has 1 saturated carbocycles. The van der Waals surface area contributed by atoms with E-state index in [0.29, 0.717) is 24.9 Å². The van der Waals surface area contributed by atoms with Crippen molar-refractivity contribution in [2.45, 2.75) is 44.6 Å². The van der Waals surface area contributed by atoms with E-state index in [2.05, 4.69) is 46.2 Å². The van der Waals surface area contributed by atoms with E-state index in [1.54, 1.807) is 4.31 Å². The Morgan fingerprint density at radius 1 is 1.14 bits per heavy atom. The van der Waals surface area contributed by atoms with E-state index in [0.717, 1.165) is 44.7 Å². The first-order valence-corrected chi connectivity index (χ1v) is 12.3. The lowest BCUT2D eigenvalue weighted by Gasteiger charge is -2.50. The molecule has 1 unspecified atom stereocenters. The van der Waals surface area contributed by atoms with Crippen molar-refractivity contribution < 1.29 is 12.9 Å². The minimum Gasteiger partial charge on any atom is -0.339 e. The molecule has 3 aliphatic rings. The summed E-state index contributed by atoms with van der Waals surface area (Å²) < 4.78 is 31.7. The van der Waals surface area contributed by atoms with Gasteiger partial charge in [-0.3, -0.25) is 4.90 Å². The number of likely N-dealkylation sites (tertiary alicyclic amines) is 1. The molecular weight excluding hydrogens is 388 g/mol. The normalized spacial score (nSPS) is 24.8. The van der Waals surface area contributed by atoms with Crippen molar-refractivity contribution in [3.63, 3.8) is 0 Å². The molecule has 1 aromatic carbocycles. The van der Waals surface area contributed by atoms with E-state index in [9.17, 15) is 8.42 Å². The van der Waals surface area contributed by atoms with Crippen LogP contribution in [0.3, 0.4) is 0 Å². The molecule has 1 spiro atoms. The molecule has 2 aromatic rings. The fourth-order valence-electron chi connectivity index (χ4n) is 4.83. The second kappa shape index (κ2) is 6.89. The zero-order chi connectivity index (χ0) is 20.2. The highest BCUT2D eigenvalue weighted by atomic mass is 32.2. The van der Waals surface area contributed by atoms with E-state index < -0.39 is 10.0 Å². The van der Waals surface area contributed by atoms with Crippen LogP contribution in [-0.4, -0.2) is 60.2 Å². The average molecular weight is 417 g/mol. The average Bonchev–Trinajstić information content (AvgIpc) is 3.24. The third kappa shape index (κ3) is 3.62. The molecule has 0 N–H and O–H groups in total. The SMILES string of the molecule is CCc1ccc(CN2CC3(C2)CN(S(C)(=O)=O)CC3c2nc(C3CC3)no2)cc1. The van der Waals surface area contributed by atoms with Crippen LogP contribution in [0.5, 0.6) is 0 Å². The zero-order valence-corrected chi connectivity index (χ0v) is 17.9. The highest BCUT2D eigenvalue weighted by Crippen LogP contribution is 2.50. The van der Waals surface area contributed by atoms with Gasteiger partial charge >= 0.3 is 0 Å². The van der Waals surface area contributed by atoms with Crippen molar-refractivity contribution in [2.75, 3.05) is 32.4 Å². The second-order valence-corrected chi connectivity index (χ2v) is 11.0. The van der Waals surface area contributed by atoms with Crippen molar-refractivity contribution in [1.82, 2.24) is 19.3 Å². The Morgan fingerprint density at radius 2 is 1.83 bits per heavy atom. The standard InChI is InChI=1S/C21H28N4O3S/c1-3-15-4-6-16(7-5-15)10-24-12-21(13-24)14-25(29(2,26)27)11-18(21)20-22-19(23-28-20)17-8-9-17/h4-7,17-18H,3,8-14H2,1-2H3. The van der Waals surface area contributed by atoms with Gasteiger partial charge in [-0.15, -0.1) is 0 Å². The lowest BCUT2D eigenvalue weighted by atomic mass is 9.71. The lowest BCUT2D eigenvalue weighted by Crippen LogP contribution is -2.59. The second-order valence-electron chi connectivity index (χ2n) is 9.05. The van der Waals surface area contributed by atoms with E-state index in [-0.39, 0.29) is 11.3 Å². The topological polar surface area (TPSA) is 79.5 Å². The first-order chi connectivity index (χ1) is 13.9. The van der Waals surface area contributed by atoms with Gasteiger partial charge < -0.3 is 4.52 Å². The summed E-state index contributed by atoms with van der Waals surface area (Å²) in [6, 6.07) is 8.76. The summed E-state index contributed by atoms with van der Waals surface area (Å²) in [5, 5.41) is 4.17. The fourth-order valence-corrected chi connectivity index (χ4v) is 5.74. The highest BCUT2D eigenvalue weighted by molar-refractivity contribution is 7.88. The van der Waals surface area contributed by atoms with Crippen molar-refractivity contribution in [3.8, 4) is 0 Å². The summed E-state index contributed by atoms with van der Waals surface area (Å²) in [6.07, 6.45) is 4.57. The number of aryl methyl sites for hydroxylation is 1. The van der Waals surface area contributed by atoms with Crippen LogP contribution in [0.4, 0.5) is 0 Å². The minimum absolute atomic E-state index is 0.0315. The molecule has 1 aliphatic carbocycles. The van der Waals surface area contributed by atoms with Crippen LogP contribution in [0.25, 0.3) is 0 Å². The maximum Gasteiger partial charge on any atom is 0.231 e. The Balaban J connectivity index is 1.33. The molecule has 0 radical (unpaired) electrons. The molecule has 0 bridgehead atoms. The van der Waals surface area contributed by atoms with Crippen LogP contribution in [0.1, 0.15) is 54.4 Å². The highest BCUT2D eigenvalue weighted by Gasteiger charge is 2.58. The Morgan fingerprint density at radius 3 is 2.45 bits per heavy atom. The Labute approximate surface area is 172 Å². The molecule has 0 amide bonds. The van der Waals surface area contributed by atoms with Crippen molar-refractivity contribution in [3.05, 3.63) is 47.1 Å². The van der Waals surface area contributed by atoms with E-state index in [1.807, 2.05) is 0 Å². The van der Waals surface area contributed by atoms with E-state index in [1.165, 1.54) is 17.4 Å². The number of nitrogens with zero attached hydrogens (tertiary/aromatic N) is 4. The van der Waals surface area contributed by atoms with Gasteiger partial charge in [-0.05, 0) is 30.4 Å². The van der Waals surface area contributed by atoms with Crippen LogP contribution >= 0.6 is 0 Å². The van der Waals surface area contributed by atoms with Crippen molar-refractivity contribution in [1.29, 1.82) is 0 Å². The zero-order valence-electron chi connectivity index (χ0n) is 17.0. The maximum atomic E-state index is 12.2. The summed E-state index contributed by atoms with van der Waals surface area (Å²) in [6.45, 7) is 5.70. The van der Waals surface area contributed by atoms with Gasteiger partial charge in [0.2, 0.25) is 15.9 Å². The number of benzene rings is 1. The summed E-state index contributed by atoms with van der Waals surface area (Å²) in [5.74, 6) is 1.81. The molecule has 1 aromatic heterocycles. The van der Waals surface area contributed by atoms with Gasteiger partial charge in [0.1, 0.15) is 0 Å². The van der Waals surface area contributed by atoms with Gasteiger partial charge in [-0.25, -0.2) is 12.7 Å². The van der Waals surface area contributed by atoms with E-state index in [4.69, 9.17) is 4.52 Å². The number of aromatic nitrogens is 2. The van der Waals surface area contributed by atoms with Gasteiger partial charge in [-0.1, -0.05) is 36.3 Å². The first-order valence-electron chi connectivity index (χ1n) is 10.4. The quantitative estimate of drug-likeness (QED) is 0.719. The maximum absolute atomic E-state index is 12.2. The predicted octanol–water partition coefficient (Wildman–Crippen LogP) is 2.37. The summed E-state index contributed by atoms with van der Waals surface area (Å²) in [4.78, 5) is 7.05. The first kappa shape index (κ1) is 19.2. The van der Waals surface area contributed by atoms with E-state index >= 15 is 0 Å². The van der Waals surface area contributed by atoms with Gasteiger partial charge in [0.15, 0.2) is 5.82 Å². The summed E-state index contributed by atoms with van der Waals surface area (Å²) in [7, 11) is -3.25. The third-order valence-corrected chi connectivity index (χ3v) is 7.91. The van der Waals surface area contributed by atoms with Gasteiger partial charge in [0.25, 0.3) is 0 Å². The Hall–Kier alpha value is -1.77. The molecular formula is C21H28N4O3S. The van der Waals surface area contributed by atoms with Crippen molar-refractivity contribution in [2.24, 2.45) is 5.41 Å². The van der Waals surface area contributed by atoms with Crippen LogP contribution < -0.4 is 0 Å². The largest absolute Gasteiger partial charge is 0.339 e. The van der Waals surface area contributed by atoms with Crippen LogP contribution in [-0.2, 0) is 23.0 Å². The van der Waals surface area contributed by atoms with Crippen LogP contribution in [0, 0.1) is 5.41 Å². The monoisotopic (exact) mass is 416 g/mol.